The predicted molar refractivity (Wildman–Crippen MR) is 69.5 cm³/mol. The van der Waals surface area contributed by atoms with Crippen LogP contribution in [0.3, 0.4) is 0 Å². The zero-order chi connectivity index (χ0) is 13.4. The molecule has 96 valence electrons. The molecule has 8 heteroatoms. The van der Waals surface area contributed by atoms with Gasteiger partial charge in [0.25, 0.3) is 5.95 Å². The highest BCUT2D eigenvalue weighted by atomic mass is 35.5. The van der Waals surface area contributed by atoms with Crippen LogP contribution in [0.5, 0.6) is 0 Å². The van der Waals surface area contributed by atoms with Crippen molar-refractivity contribution in [2.45, 2.75) is 13.5 Å². The Morgan fingerprint density at radius 1 is 1.32 bits per heavy atom. The molecule has 7 nitrogen and oxygen atoms in total. The van der Waals surface area contributed by atoms with Crippen molar-refractivity contribution in [3.8, 4) is 0 Å². The lowest BCUT2D eigenvalue weighted by atomic mass is 10.2. The maximum absolute atomic E-state index is 11.5. The lowest BCUT2D eigenvalue weighted by molar-refractivity contribution is -0.111. The van der Waals surface area contributed by atoms with Gasteiger partial charge in [0, 0.05) is 11.9 Å². The molecule has 0 amide bonds. The first-order valence-electron chi connectivity index (χ1n) is 5.55. The van der Waals surface area contributed by atoms with E-state index in [1.807, 2.05) is 0 Å². The largest absolute Gasteiger partial charge is 0.293 e. The summed E-state index contributed by atoms with van der Waals surface area (Å²) in [5.74, 6) is 0.354. The van der Waals surface area contributed by atoms with E-state index in [-0.39, 0.29) is 12.3 Å². The van der Waals surface area contributed by atoms with Crippen molar-refractivity contribution in [3.05, 3.63) is 29.3 Å². The number of ketones is 1. The molecule has 1 aromatic heterocycles. The molecule has 1 aliphatic rings. The van der Waals surface area contributed by atoms with Crippen molar-refractivity contribution in [2.75, 3.05) is 5.01 Å². The van der Waals surface area contributed by atoms with Gasteiger partial charge in [-0.25, -0.2) is 4.68 Å². The molecular formula is C11H9ClN6O. The first-order chi connectivity index (χ1) is 9.15. The fourth-order valence-electron chi connectivity index (χ4n) is 1.73. The van der Waals surface area contributed by atoms with Gasteiger partial charge in [-0.2, -0.15) is 10.1 Å². The van der Waals surface area contributed by atoms with E-state index in [0.717, 1.165) is 5.69 Å². The van der Waals surface area contributed by atoms with Gasteiger partial charge >= 0.3 is 0 Å². The molecule has 0 atom stereocenters. The Labute approximate surface area is 113 Å². The summed E-state index contributed by atoms with van der Waals surface area (Å²) in [7, 11) is 0. The van der Waals surface area contributed by atoms with Gasteiger partial charge in [0.2, 0.25) is 0 Å². The Balaban J connectivity index is 2.09. The van der Waals surface area contributed by atoms with Crippen molar-refractivity contribution in [1.29, 1.82) is 0 Å². The van der Waals surface area contributed by atoms with Crippen molar-refractivity contribution in [1.82, 2.24) is 20.2 Å². The number of nitrogens with zero attached hydrogens (tertiary/aromatic N) is 6. The first-order valence-corrected chi connectivity index (χ1v) is 5.93. The van der Waals surface area contributed by atoms with Gasteiger partial charge in [-0.3, -0.25) is 4.79 Å². The average molecular weight is 277 g/mol. The molecule has 2 heterocycles. The lowest BCUT2D eigenvalue weighted by Crippen LogP contribution is -2.30. The Hall–Kier alpha value is -2.28. The molecule has 0 radical (unpaired) electrons. The van der Waals surface area contributed by atoms with Crippen LogP contribution in [-0.2, 0) is 11.3 Å². The van der Waals surface area contributed by atoms with Gasteiger partial charge < -0.3 is 0 Å². The number of hydrogen-bond donors (Lipinski definition) is 0. The van der Waals surface area contributed by atoms with Gasteiger partial charge in [-0.15, -0.1) is 0 Å². The summed E-state index contributed by atoms with van der Waals surface area (Å²) >= 11 is 5.85. The number of aromatic nitrogens is 4. The van der Waals surface area contributed by atoms with Gasteiger partial charge in [0.1, 0.15) is 5.71 Å². The average Bonchev–Trinajstić information content (AvgIpc) is 2.86. The molecule has 0 aliphatic carbocycles. The molecule has 0 spiro atoms. The third-order valence-electron chi connectivity index (χ3n) is 2.70. The monoisotopic (exact) mass is 276 g/mol. The third-order valence-corrected chi connectivity index (χ3v) is 2.95. The van der Waals surface area contributed by atoms with Crippen molar-refractivity contribution in [2.24, 2.45) is 5.10 Å². The summed E-state index contributed by atoms with van der Waals surface area (Å²) in [6.45, 7) is 1.75. The van der Waals surface area contributed by atoms with Crippen LogP contribution in [0.1, 0.15) is 6.92 Å². The second-order valence-corrected chi connectivity index (χ2v) is 4.46. The molecule has 0 fully saturated rings. The Kier molecular flexibility index (Phi) is 2.75. The number of Topliss-reactive ketones (excluding diaryl/α,β-unsaturated/α-hetero) is 1. The fraction of sp³-hybridized carbons (Fsp3) is 0.182. The maximum Gasteiger partial charge on any atom is 0.271 e. The minimum atomic E-state index is -0.111. The summed E-state index contributed by atoms with van der Waals surface area (Å²) < 4.78 is 1.53. The zero-order valence-electron chi connectivity index (χ0n) is 9.99. The second-order valence-electron chi connectivity index (χ2n) is 4.03. The highest BCUT2D eigenvalue weighted by Crippen LogP contribution is 2.27. The maximum atomic E-state index is 11.5. The molecule has 3 rings (SSSR count). The minimum absolute atomic E-state index is 0.111. The number of hydrazone groups is 1. The normalized spacial score (nSPS) is 14.0. The van der Waals surface area contributed by atoms with E-state index in [4.69, 9.17) is 11.6 Å². The van der Waals surface area contributed by atoms with Crippen LogP contribution >= 0.6 is 11.6 Å². The van der Waals surface area contributed by atoms with Crippen molar-refractivity contribution in [3.63, 3.8) is 0 Å². The number of carbonyl (C=O) groups excluding carboxylic acids is 1. The molecule has 0 saturated carbocycles. The highest BCUT2D eigenvalue weighted by Gasteiger charge is 2.25. The van der Waals surface area contributed by atoms with E-state index in [0.29, 0.717) is 16.7 Å². The molecule has 1 aliphatic heterocycles. The van der Waals surface area contributed by atoms with Crippen LogP contribution in [0, 0.1) is 0 Å². The Morgan fingerprint density at radius 2 is 2.05 bits per heavy atom. The van der Waals surface area contributed by atoms with E-state index >= 15 is 0 Å². The van der Waals surface area contributed by atoms with Gasteiger partial charge in [0.15, 0.2) is 5.78 Å². The molecule has 1 aromatic carbocycles. The van der Waals surface area contributed by atoms with Gasteiger partial charge in [0.05, 0.1) is 12.2 Å². The summed E-state index contributed by atoms with van der Waals surface area (Å²) in [6, 6.07) is 7.05. The molecule has 0 saturated heterocycles. The van der Waals surface area contributed by atoms with E-state index in [9.17, 15) is 4.79 Å². The molecule has 0 bridgehead atoms. The summed E-state index contributed by atoms with van der Waals surface area (Å²) in [5.41, 5.74) is 1.13. The second kappa shape index (κ2) is 4.43. The van der Waals surface area contributed by atoms with E-state index in [2.05, 4.69) is 20.6 Å². The van der Waals surface area contributed by atoms with Crippen LogP contribution in [0.4, 0.5) is 11.6 Å². The predicted octanol–water partition coefficient (Wildman–Crippen LogP) is 1.42. The number of fused-ring (bicyclic) bond motifs is 1. The number of rotatable bonds is 2. The molecule has 2 aromatic rings. The number of tetrazole rings is 1. The van der Waals surface area contributed by atoms with Crippen molar-refractivity contribution >= 4 is 34.7 Å². The quantitative estimate of drug-likeness (QED) is 0.829. The highest BCUT2D eigenvalue weighted by molar-refractivity contribution is 6.39. The zero-order valence-corrected chi connectivity index (χ0v) is 10.7. The van der Waals surface area contributed by atoms with Gasteiger partial charge in [-0.05, 0) is 34.7 Å². The standard InChI is InChI=1S/C11H9ClN6O/c1-7(19)10-6-17-11(13-15-16-17)18(14-10)9-4-2-8(12)3-5-9/h2-5H,6H2,1H3. The van der Waals surface area contributed by atoms with E-state index in [1.165, 1.54) is 16.6 Å². The SMILES string of the molecule is CC(=O)C1=NN(c2ccc(Cl)cc2)c2nnnn2C1. The number of benzene rings is 1. The number of carbonyl (C=O) groups is 1. The molecule has 0 unspecified atom stereocenters. The number of hydrogen-bond acceptors (Lipinski definition) is 6. The van der Waals surface area contributed by atoms with E-state index < -0.39 is 0 Å². The summed E-state index contributed by atoms with van der Waals surface area (Å²) in [5, 5.41) is 17.8. The van der Waals surface area contributed by atoms with Crippen LogP contribution < -0.4 is 5.01 Å². The van der Waals surface area contributed by atoms with Crippen LogP contribution in [-0.4, -0.2) is 31.7 Å². The van der Waals surface area contributed by atoms with Crippen LogP contribution in [0.15, 0.2) is 29.4 Å². The molecular weight excluding hydrogens is 268 g/mol. The minimum Gasteiger partial charge on any atom is -0.293 e. The summed E-state index contributed by atoms with van der Waals surface area (Å²) in [4.78, 5) is 11.5. The van der Waals surface area contributed by atoms with E-state index in [1.54, 1.807) is 24.3 Å². The fourth-order valence-corrected chi connectivity index (χ4v) is 1.86. The topological polar surface area (TPSA) is 76.3 Å². The Bertz CT molecular complexity index is 662. The van der Waals surface area contributed by atoms with Crippen LogP contribution in [0.25, 0.3) is 0 Å². The Morgan fingerprint density at radius 3 is 2.74 bits per heavy atom. The van der Waals surface area contributed by atoms with Crippen molar-refractivity contribution < 1.29 is 4.79 Å². The number of anilines is 2. The van der Waals surface area contributed by atoms with Gasteiger partial charge in [-0.1, -0.05) is 16.7 Å². The van der Waals surface area contributed by atoms with Crippen LogP contribution in [0.2, 0.25) is 5.02 Å². The third kappa shape index (κ3) is 2.08. The first kappa shape index (κ1) is 11.8. The molecule has 19 heavy (non-hydrogen) atoms. The summed E-state index contributed by atoms with van der Waals surface area (Å²) in [6.07, 6.45) is 0. The lowest BCUT2D eigenvalue weighted by Gasteiger charge is -2.22. The molecule has 0 N–H and O–H groups in total. The number of halogens is 1. The smallest absolute Gasteiger partial charge is 0.271 e.